The summed E-state index contributed by atoms with van der Waals surface area (Å²) in [5.41, 5.74) is 5.25. The van der Waals surface area contributed by atoms with Crippen LogP contribution in [0.4, 0.5) is 0 Å². The third-order valence-corrected chi connectivity index (χ3v) is 3.48. The number of rotatable bonds is 5. The first-order valence-corrected chi connectivity index (χ1v) is 6.28. The molecule has 0 saturated heterocycles. The van der Waals surface area contributed by atoms with Crippen LogP contribution in [0.1, 0.15) is 38.5 Å². The van der Waals surface area contributed by atoms with E-state index in [1.54, 1.807) is 11.9 Å². The molecular weight excluding hydrogens is 204 g/mol. The monoisotopic (exact) mass is 228 g/mol. The van der Waals surface area contributed by atoms with E-state index in [4.69, 9.17) is 5.73 Å². The molecular formula is C12H24N2O2. The summed E-state index contributed by atoms with van der Waals surface area (Å²) in [7, 11) is 1.74. The highest BCUT2D eigenvalue weighted by Crippen LogP contribution is 2.26. The predicted molar refractivity (Wildman–Crippen MR) is 63.9 cm³/mol. The first kappa shape index (κ1) is 13.5. The Morgan fingerprint density at radius 3 is 2.62 bits per heavy atom. The van der Waals surface area contributed by atoms with Crippen LogP contribution in [0.25, 0.3) is 0 Å². The van der Waals surface area contributed by atoms with Gasteiger partial charge in [0, 0.05) is 20.1 Å². The molecule has 0 heterocycles. The highest BCUT2D eigenvalue weighted by atomic mass is 16.3. The van der Waals surface area contributed by atoms with Crippen LogP contribution in [-0.4, -0.2) is 42.2 Å². The van der Waals surface area contributed by atoms with E-state index in [1.165, 1.54) is 32.1 Å². The molecule has 1 atom stereocenters. The standard InChI is InChI=1S/C12H24N2O2/c1-14(12(16)11(15)9-13)8-7-10-5-3-2-4-6-10/h10-11,15H,2-9,13H2,1H3. The Balaban J connectivity index is 2.22. The number of nitrogens with zero attached hydrogens (tertiary/aromatic N) is 1. The minimum Gasteiger partial charge on any atom is -0.382 e. The topological polar surface area (TPSA) is 66.6 Å². The Hall–Kier alpha value is -0.610. The zero-order valence-corrected chi connectivity index (χ0v) is 10.2. The molecule has 1 rings (SSSR count). The van der Waals surface area contributed by atoms with Gasteiger partial charge in [0.1, 0.15) is 6.10 Å². The fourth-order valence-electron chi connectivity index (χ4n) is 2.32. The number of amides is 1. The van der Waals surface area contributed by atoms with Crippen molar-refractivity contribution in [1.82, 2.24) is 4.90 Å². The van der Waals surface area contributed by atoms with Crippen LogP contribution in [0.15, 0.2) is 0 Å². The van der Waals surface area contributed by atoms with E-state index in [0.29, 0.717) is 0 Å². The SMILES string of the molecule is CN(CCC1CCCCC1)C(=O)C(O)CN. The average Bonchev–Trinajstić information content (AvgIpc) is 2.35. The molecule has 0 aliphatic heterocycles. The molecule has 0 aromatic carbocycles. The van der Waals surface area contributed by atoms with E-state index < -0.39 is 6.10 Å². The summed E-state index contributed by atoms with van der Waals surface area (Å²) in [5.74, 6) is 0.511. The third-order valence-electron chi connectivity index (χ3n) is 3.48. The van der Waals surface area contributed by atoms with Gasteiger partial charge in [-0.05, 0) is 12.3 Å². The smallest absolute Gasteiger partial charge is 0.252 e. The average molecular weight is 228 g/mol. The van der Waals surface area contributed by atoms with Gasteiger partial charge in [-0.25, -0.2) is 0 Å². The van der Waals surface area contributed by atoms with Crippen molar-refractivity contribution >= 4 is 5.91 Å². The number of carbonyl (C=O) groups is 1. The molecule has 1 amide bonds. The third kappa shape index (κ3) is 4.10. The highest BCUT2D eigenvalue weighted by Gasteiger charge is 2.19. The number of hydrogen-bond donors (Lipinski definition) is 2. The molecule has 0 radical (unpaired) electrons. The Morgan fingerprint density at radius 2 is 2.06 bits per heavy atom. The van der Waals surface area contributed by atoms with Crippen molar-refractivity contribution in [2.24, 2.45) is 11.7 Å². The van der Waals surface area contributed by atoms with E-state index in [2.05, 4.69) is 0 Å². The molecule has 3 N–H and O–H groups in total. The fourth-order valence-corrected chi connectivity index (χ4v) is 2.32. The van der Waals surface area contributed by atoms with Crippen LogP contribution in [-0.2, 0) is 4.79 Å². The van der Waals surface area contributed by atoms with Gasteiger partial charge in [-0.1, -0.05) is 32.1 Å². The number of hydrogen-bond acceptors (Lipinski definition) is 3. The Bertz CT molecular complexity index is 215. The minimum absolute atomic E-state index is 0.00655. The molecule has 0 aromatic heterocycles. The van der Waals surface area contributed by atoms with Gasteiger partial charge in [0.05, 0.1) is 0 Å². The molecule has 1 saturated carbocycles. The van der Waals surface area contributed by atoms with Gasteiger partial charge in [-0.3, -0.25) is 4.79 Å². The van der Waals surface area contributed by atoms with Crippen molar-refractivity contribution in [3.8, 4) is 0 Å². The molecule has 4 nitrogen and oxygen atoms in total. The van der Waals surface area contributed by atoms with E-state index in [9.17, 15) is 9.90 Å². The Morgan fingerprint density at radius 1 is 1.44 bits per heavy atom. The molecule has 0 bridgehead atoms. The number of nitrogens with two attached hydrogens (primary N) is 1. The lowest BCUT2D eigenvalue weighted by Crippen LogP contribution is -2.41. The fraction of sp³-hybridized carbons (Fsp3) is 0.917. The second kappa shape index (κ2) is 6.86. The van der Waals surface area contributed by atoms with E-state index in [-0.39, 0.29) is 12.5 Å². The molecule has 16 heavy (non-hydrogen) atoms. The van der Waals surface area contributed by atoms with Crippen molar-refractivity contribution in [1.29, 1.82) is 0 Å². The Labute approximate surface area is 97.8 Å². The number of aliphatic hydroxyl groups is 1. The molecule has 1 unspecified atom stereocenters. The second-order valence-electron chi connectivity index (χ2n) is 4.80. The van der Waals surface area contributed by atoms with Gasteiger partial charge in [0.15, 0.2) is 0 Å². The van der Waals surface area contributed by atoms with Crippen LogP contribution < -0.4 is 5.73 Å². The van der Waals surface area contributed by atoms with Gasteiger partial charge < -0.3 is 15.7 Å². The first-order chi connectivity index (χ1) is 7.65. The summed E-state index contributed by atoms with van der Waals surface area (Å²) in [6.07, 6.45) is 6.62. The summed E-state index contributed by atoms with van der Waals surface area (Å²) in [6, 6.07) is 0. The van der Waals surface area contributed by atoms with Gasteiger partial charge >= 0.3 is 0 Å². The predicted octanol–water partition coefficient (Wildman–Crippen LogP) is 0.735. The zero-order chi connectivity index (χ0) is 12.0. The maximum Gasteiger partial charge on any atom is 0.252 e. The summed E-state index contributed by atoms with van der Waals surface area (Å²) < 4.78 is 0. The van der Waals surface area contributed by atoms with E-state index >= 15 is 0 Å². The normalized spacial score (nSPS) is 19.4. The molecule has 4 heteroatoms. The van der Waals surface area contributed by atoms with Gasteiger partial charge in [-0.15, -0.1) is 0 Å². The van der Waals surface area contributed by atoms with E-state index in [0.717, 1.165) is 18.9 Å². The molecule has 1 fully saturated rings. The maximum atomic E-state index is 11.5. The zero-order valence-electron chi connectivity index (χ0n) is 10.2. The van der Waals surface area contributed by atoms with Crippen molar-refractivity contribution in [2.45, 2.75) is 44.6 Å². The van der Waals surface area contributed by atoms with Crippen molar-refractivity contribution in [3.05, 3.63) is 0 Å². The van der Waals surface area contributed by atoms with Gasteiger partial charge in [-0.2, -0.15) is 0 Å². The number of carbonyl (C=O) groups excluding carboxylic acids is 1. The first-order valence-electron chi connectivity index (χ1n) is 6.28. The molecule has 1 aliphatic rings. The van der Waals surface area contributed by atoms with Crippen LogP contribution in [0, 0.1) is 5.92 Å². The number of aliphatic hydroxyl groups excluding tert-OH is 1. The summed E-state index contributed by atoms with van der Waals surface area (Å²) >= 11 is 0. The second-order valence-corrected chi connectivity index (χ2v) is 4.80. The molecule has 1 aliphatic carbocycles. The molecule has 0 spiro atoms. The molecule has 0 aromatic rings. The van der Waals surface area contributed by atoms with Crippen molar-refractivity contribution < 1.29 is 9.90 Å². The van der Waals surface area contributed by atoms with Crippen LogP contribution in [0.5, 0.6) is 0 Å². The van der Waals surface area contributed by atoms with Crippen molar-refractivity contribution in [2.75, 3.05) is 20.1 Å². The summed E-state index contributed by atoms with van der Waals surface area (Å²) in [6.45, 7) is 0.743. The lowest BCUT2D eigenvalue weighted by Gasteiger charge is -2.25. The Kier molecular flexibility index (Phi) is 5.77. The van der Waals surface area contributed by atoms with Crippen LogP contribution in [0.2, 0.25) is 0 Å². The summed E-state index contributed by atoms with van der Waals surface area (Å²) in [4.78, 5) is 13.1. The van der Waals surface area contributed by atoms with Crippen LogP contribution >= 0.6 is 0 Å². The minimum atomic E-state index is -1.03. The number of likely N-dealkylation sites (N-methyl/N-ethyl adjacent to an activating group) is 1. The summed E-state index contributed by atoms with van der Waals surface area (Å²) in [5, 5.41) is 9.32. The van der Waals surface area contributed by atoms with Gasteiger partial charge in [0.25, 0.3) is 5.91 Å². The van der Waals surface area contributed by atoms with Crippen LogP contribution in [0.3, 0.4) is 0 Å². The highest BCUT2D eigenvalue weighted by molar-refractivity contribution is 5.80. The maximum absolute atomic E-state index is 11.5. The molecule has 94 valence electrons. The quantitative estimate of drug-likeness (QED) is 0.729. The van der Waals surface area contributed by atoms with E-state index in [1.807, 2.05) is 0 Å². The lowest BCUT2D eigenvalue weighted by atomic mass is 9.87. The van der Waals surface area contributed by atoms with Crippen molar-refractivity contribution in [3.63, 3.8) is 0 Å². The lowest BCUT2D eigenvalue weighted by molar-refractivity contribution is -0.138. The van der Waals surface area contributed by atoms with Gasteiger partial charge in [0.2, 0.25) is 0 Å². The largest absolute Gasteiger partial charge is 0.382 e.